The van der Waals surface area contributed by atoms with E-state index in [1.165, 1.54) is 141 Å². The van der Waals surface area contributed by atoms with E-state index in [4.69, 9.17) is 18.5 Å². The number of esters is 2. The minimum absolute atomic E-state index is 0.0258. The lowest BCUT2D eigenvalue weighted by Gasteiger charge is -2.28. The van der Waals surface area contributed by atoms with Crippen LogP contribution in [0.3, 0.4) is 0 Å². The molecule has 0 saturated heterocycles. The third-order valence-electron chi connectivity index (χ3n) is 9.63. The number of rotatable bonds is 40. The number of likely N-dealkylation sites (N-methyl/N-ethyl adjacent to an activating group) is 1. The number of phosphoric ester groups is 1. The van der Waals surface area contributed by atoms with Crippen LogP contribution in [0, 0.1) is 0 Å². The molecular formula is C42H84NO8P. The topological polar surface area (TPSA) is 111 Å². The van der Waals surface area contributed by atoms with Gasteiger partial charge in [0.1, 0.15) is 19.8 Å². The maximum absolute atomic E-state index is 12.6. The largest absolute Gasteiger partial charge is 0.756 e. The number of nitrogens with zero attached hydrogens (tertiary/aromatic N) is 1. The Bertz CT molecular complexity index is 865. The van der Waals surface area contributed by atoms with Gasteiger partial charge in [-0.05, 0) is 12.8 Å². The second kappa shape index (κ2) is 35.7. The number of quaternary nitrogens is 1. The van der Waals surface area contributed by atoms with Crippen LogP contribution in [0.15, 0.2) is 0 Å². The van der Waals surface area contributed by atoms with Gasteiger partial charge in [-0.2, -0.15) is 0 Å². The van der Waals surface area contributed by atoms with Crippen molar-refractivity contribution in [1.29, 1.82) is 0 Å². The molecule has 0 spiro atoms. The molecule has 2 unspecified atom stereocenters. The molecular weight excluding hydrogens is 679 g/mol. The van der Waals surface area contributed by atoms with Crippen molar-refractivity contribution in [1.82, 2.24) is 0 Å². The van der Waals surface area contributed by atoms with Crippen LogP contribution in [-0.4, -0.2) is 70.0 Å². The van der Waals surface area contributed by atoms with Gasteiger partial charge >= 0.3 is 11.9 Å². The Hall–Kier alpha value is -0.990. The lowest BCUT2D eigenvalue weighted by molar-refractivity contribution is -0.870. The van der Waals surface area contributed by atoms with Crippen molar-refractivity contribution >= 4 is 19.8 Å². The van der Waals surface area contributed by atoms with Gasteiger partial charge in [-0.15, -0.1) is 0 Å². The summed E-state index contributed by atoms with van der Waals surface area (Å²) in [6.45, 7) is 4.25. The fraction of sp³-hybridized carbons (Fsp3) is 0.952. The molecule has 0 bridgehead atoms. The minimum Gasteiger partial charge on any atom is -0.756 e. The highest BCUT2D eigenvalue weighted by Crippen LogP contribution is 2.38. The molecule has 0 aromatic rings. The summed E-state index contributed by atoms with van der Waals surface area (Å²) in [5.41, 5.74) is 0. The molecule has 10 heteroatoms. The van der Waals surface area contributed by atoms with Gasteiger partial charge < -0.3 is 27.9 Å². The van der Waals surface area contributed by atoms with Crippen LogP contribution in [0.2, 0.25) is 0 Å². The number of unbranched alkanes of at least 4 members (excludes halogenated alkanes) is 26. The summed E-state index contributed by atoms with van der Waals surface area (Å²) in [7, 11) is 1.18. The van der Waals surface area contributed by atoms with Gasteiger partial charge in [-0.1, -0.05) is 181 Å². The van der Waals surface area contributed by atoms with Gasteiger partial charge in [-0.3, -0.25) is 14.2 Å². The van der Waals surface area contributed by atoms with E-state index in [1.54, 1.807) is 0 Å². The van der Waals surface area contributed by atoms with Crippen LogP contribution >= 0.6 is 7.82 Å². The Morgan fingerprint density at radius 1 is 0.596 bits per heavy atom. The minimum atomic E-state index is -4.61. The number of carbonyl (C=O) groups excluding carboxylic acids is 2. The Labute approximate surface area is 321 Å². The van der Waals surface area contributed by atoms with Gasteiger partial charge in [0.15, 0.2) is 6.10 Å². The van der Waals surface area contributed by atoms with Gasteiger partial charge in [0, 0.05) is 12.8 Å². The van der Waals surface area contributed by atoms with E-state index in [-0.39, 0.29) is 32.0 Å². The third-order valence-corrected chi connectivity index (χ3v) is 10.6. The molecule has 0 aromatic carbocycles. The Morgan fingerprint density at radius 3 is 1.38 bits per heavy atom. The van der Waals surface area contributed by atoms with Crippen molar-refractivity contribution < 1.29 is 42.1 Å². The van der Waals surface area contributed by atoms with E-state index in [9.17, 15) is 19.0 Å². The van der Waals surface area contributed by atoms with Crippen molar-refractivity contribution in [3.8, 4) is 0 Å². The smallest absolute Gasteiger partial charge is 0.306 e. The standard InChI is InChI=1S/C42H84NO8P/c1-6-8-10-12-14-16-18-20-21-23-24-26-28-30-32-34-41(44)48-38-40(39-50-52(46,47)49-37-36-43(3,4)5)51-42(45)35-33-31-29-27-25-22-19-17-15-13-11-9-7-2/h40H,6-39H2,1-5H3/i42+2. The summed E-state index contributed by atoms with van der Waals surface area (Å²) in [5.74, 6) is -0.821. The maximum Gasteiger partial charge on any atom is 0.306 e. The van der Waals surface area contributed by atoms with E-state index < -0.39 is 26.5 Å². The quantitative estimate of drug-likeness (QED) is 0.0262. The highest BCUT2D eigenvalue weighted by Gasteiger charge is 2.21. The lowest BCUT2D eigenvalue weighted by atomic mass is 10.0. The van der Waals surface area contributed by atoms with Crippen LogP contribution in [0.5, 0.6) is 0 Å². The van der Waals surface area contributed by atoms with Crippen molar-refractivity contribution in [3.63, 3.8) is 0 Å². The van der Waals surface area contributed by atoms with Crippen molar-refractivity contribution in [3.05, 3.63) is 0 Å². The molecule has 9 nitrogen and oxygen atoms in total. The zero-order valence-corrected chi connectivity index (χ0v) is 35.7. The fourth-order valence-electron chi connectivity index (χ4n) is 6.18. The number of phosphoric acid groups is 1. The Morgan fingerprint density at radius 2 is 0.981 bits per heavy atom. The molecule has 0 saturated carbocycles. The molecule has 0 aromatic heterocycles. The first kappa shape index (κ1) is 51.0. The first-order valence-electron chi connectivity index (χ1n) is 21.7. The summed E-state index contributed by atoms with van der Waals surface area (Å²) in [6, 6.07) is 0. The first-order chi connectivity index (χ1) is 25.0. The van der Waals surface area contributed by atoms with Crippen molar-refractivity contribution in [2.75, 3.05) is 47.5 Å². The van der Waals surface area contributed by atoms with Crippen molar-refractivity contribution in [2.24, 2.45) is 0 Å². The molecule has 0 amide bonds. The molecule has 0 aliphatic rings. The summed E-state index contributed by atoms with van der Waals surface area (Å²) in [6.07, 6.45) is 34.0. The first-order valence-corrected chi connectivity index (χ1v) is 23.2. The third kappa shape index (κ3) is 38.7. The van der Waals surface area contributed by atoms with Crippen LogP contribution in [-0.2, 0) is 32.7 Å². The predicted molar refractivity (Wildman–Crippen MR) is 213 cm³/mol. The molecule has 0 radical (unpaired) electrons. The van der Waals surface area contributed by atoms with E-state index >= 15 is 0 Å². The average molecular weight is 764 g/mol. The zero-order chi connectivity index (χ0) is 38.6. The van der Waals surface area contributed by atoms with E-state index in [0.717, 1.165) is 32.1 Å². The molecule has 2 atom stereocenters. The van der Waals surface area contributed by atoms with E-state index in [1.807, 2.05) is 21.1 Å². The average Bonchev–Trinajstić information content (AvgIpc) is 3.09. The van der Waals surface area contributed by atoms with Crippen LogP contribution in [0.25, 0.3) is 0 Å². The van der Waals surface area contributed by atoms with Crippen LogP contribution in [0.4, 0.5) is 0 Å². The van der Waals surface area contributed by atoms with E-state index in [0.29, 0.717) is 17.4 Å². The number of ether oxygens (including phenoxy) is 2. The summed E-state index contributed by atoms with van der Waals surface area (Å²) >= 11 is 0. The predicted octanol–water partition coefficient (Wildman–Crippen LogP) is 11.4. The van der Waals surface area contributed by atoms with Crippen LogP contribution in [0.1, 0.15) is 206 Å². The SMILES string of the molecule is CCCCCCCCCCCCCCCCCC(=O)OCC(COP(=O)([O-])OCC[N+](C)(C)C)O[14C](=O)CCCCCCCCCCCCCCC. The maximum atomic E-state index is 12.6. The van der Waals surface area contributed by atoms with Crippen LogP contribution < -0.4 is 4.89 Å². The van der Waals surface area contributed by atoms with Crippen molar-refractivity contribution in [2.45, 2.75) is 213 Å². The number of hydrogen-bond acceptors (Lipinski definition) is 8. The Kier molecular flexibility index (Phi) is 35.0. The summed E-state index contributed by atoms with van der Waals surface area (Å²) in [4.78, 5) is 37.5. The number of carbonyl (C=O) groups is 2. The second-order valence-electron chi connectivity index (χ2n) is 16.1. The molecule has 310 valence electrons. The molecule has 0 aliphatic heterocycles. The lowest BCUT2D eigenvalue weighted by Crippen LogP contribution is -2.37. The highest BCUT2D eigenvalue weighted by atomic mass is 31.2. The molecule has 0 fully saturated rings. The molecule has 0 aliphatic carbocycles. The van der Waals surface area contributed by atoms with Gasteiger partial charge in [0.05, 0.1) is 27.7 Å². The van der Waals surface area contributed by atoms with E-state index in [2.05, 4.69) is 13.8 Å². The summed E-state index contributed by atoms with van der Waals surface area (Å²) in [5, 5.41) is 0. The molecule has 0 heterocycles. The fourth-order valence-corrected chi connectivity index (χ4v) is 6.91. The zero-order valence-electron chi connectivity index (χ0n) is 34.8. The summed E-state index contributed by atoms with van der Waals surface area (Å²) < 4.78 is 33.9. The van der Waals surface area contributed by atoms with Gasteiger partial charge in [-0.25, -0.2) is 0 Å². The highest BCUT2D eigenvalue weighted by molar-refractivity contribution is 7.45. The molecule has 52 heavy (non-hydrogen) atoms. The monoisotopic (exact) mass is 764 g/mol. The number of hydrogen-bond donors (Lipinski definition) is 0. The normalized spacial score (nSPS) is 13.6. The molecule has 0 N–H and O–H groups in total. The van der Waals surface area contributed by atoms with Gasteiger partial charge in [0.25, 0.3) is 7.82 Å². The molecule has 0 rings (SSSR count). The second-order valence-corrected chi connectivity index (χ2v) is 17.5. The van der Waals surface area contributed by atoms with Gasteiger partial charge in [0.2, 0.25) is 0 Å². The Balaban J connectivity index is 4.32.